The normalized spacial score (nSPS) is 11.5. The average Bonchev–Trinajstić information content (AvgIpc) is 3.31. The van der Waals surface area contributed by atoms with Crippen molar-refractivity contribution in [3.05, 3.63) is 103 Å². The van der Waals surface area contributed by atoms with Crippen molar-refractivity contribution in [1.29, 1.82) is 0 Å². The van der Waals surface area contributed by atoms with Crippen LogP contribution >= 0.6 is 11.8 Å². The van der Waals surface area contributed by atoms with E-state index in [0.29, 0.717) is 28.8 Å². The van der Waals surface area contributed by atoms with Gasteiger partial charge < -0.3 is 10.6 Å². The van der Waals surface area contributed by atoms with Gasteiger partial charge in [-0.05, 0) is 36.8 Å². The van der Waals surface area contributed by atoms with Crippen LogP contribution in [0, 0.1) is 0 Å². The van der Waals surface area contributed by atoms with E-state index in [1.807, 2.05) is 54.0 Å². The molecule has 182 valence electrons. The van der Waals surface area contributed by atoms with E-state index >= 15 is 0 Å². The van der Waals surface area contributed by atoms with E-state index < -0.39 is 0 Å². The summed E-state index contributed by atoms with van der Waals surface area (Å²) in [6.45, 7) is 6.23. The number of amides is 2. The number of para-hydroxylation sites is 1. The Kier molecular flexibility index (Phi) is 8.25. The van der Waals surface area contributed by atoms with Crippen LogP contribution in [0.4, 0.5) is 5.69 Å². The molecule has 2 heterocycles. The second-order valence-electron chi connectivity index (χ2n) is 7.93. The minimum atomic E-state index is -0.261. The summed E-state index contributed by atoms with van der Waals surface area (Å²) in [7, 11) is 0. The maximum Gasteiger partial charge on any atom is 0.253 e. The summed E-state index contributed by atoms with van der Waals surface area (Å²) >= 11 is 1.27. The molecule has 2 N–H and O–H groups in total. The first-order valence-corrected chi connectivity index (χ1v) is 12.4. The van der Waals surface area contributed by atoms with Crippen LogP contribution in [0.25, 0.3) is 11.4 Å². The van der Waals surface area contributed by atoms with Crippen LogP contribution in [0.1, 0.15) is 28.9 Å². The third kappa shape index (κ3) is 6.05. The Morgan fingerprint density at radius 3 is 2.50 bits per heavy atom. The van der Waals surface area contributed by atoms with Gasteiger partial charge in [0.2, 0.25) is 5.91 Å². The average molecular weight is 499 g/mol. The maximum absolute atomic E-state index is 13.0. The number of nitrogens with one attached hydrogen (secondary N) is 2. The molecule has 0 spiro atoms. The highest BCUT2D eigenvalue weighted by atomic mass is 32.2. The minimum absolute atomic E-state index is 0.0992. The number of carbonyl (C=O) groups is 2. The fraction of sp³-hybridized carbons (Fsp3) is 0.148. The third-order valence-corrected chi connectivity index (χ3v) is 6.36. The van der Waals surface area contributed by atoms with Crippen LogP contribution in [-0.4, -0.2) is 37.3 Å². The van der Waals surface area contributed by atoms with E-state index in [4.69, 9.17) is 0 Å². The van der Waals surface area contributed by atoms with Crippen LogP contribution in [0.3, 0.4) is 0 Å². The number of hydrogen-bond donors (Lipinski definition) is 2. The molecule has 2 aromatic carbocycles. The van der Waals surface area contributed by atoms with E-state index in [9.17, 15) is 9.59 Å². The summed E-state index contributed by atoms with van der Waals surface area (Å²) in [5.74, 6) is 0.259. The fourth-order valence-electron chi connectivity index (χ4n) is 3.61. The van der Waals surface area contributed by atoms with Crippen LogP contribution in [0.5, 0.6) is 0 Å². The summed E-state index contributed by atoms with van der Waals surface area (Å²) in [6, 6.07) is 20.2. The highest BCUT2D eigenvalue weighted by Gasteiger charge is 2.18. The molecule has 1 atom stereocenters. The highest BCUT2D eigenvalue weighted by molar-refractivity contribution is 7.99. The molecule has 2 aromatic heterocycles. The van der Waals surface area contributed by atoms with Crippen molar-refractivity contribution in [2.75, 3.05) is 11.1 Å². The van der Waals surface area contributed by atoms with Crippen LogP contribution in [0.15, 0.2) is 96.9 Å². The topological polar surface area (TPSA) is 102 Å². The summed E-state index contributed by atoms with van der Waals surface area (Å²) in [6.07, 6.45) is 5.14. The number of anilines is 1. The zero-order valence-corrected chi connectivity index (χ0v) is 20.6. The van der Waals surface area contributed by atoms with Gasteiger partial charge in [0, 0.05) is 24.5 Å². The molecule has 0 aliphatic rings. The van der Waals surface area contributed by atoms with Gasteiger partial charge in [-0.3, -0.25) is 19.1 Å². The van der Waals surface area contributed by atoms with Gasteiger partial charge in [-0.25, -0.2) is 0 Å². The second kappa shape index (κ2) is 11.9. The minimum Gasteiger partial charge on any atom is -0.345 e. The zero-order chi connectivity index (χ0) is 25.3. The molecule has 36 heavy (non-hydrogen) atoms. The third-order valence-electron chi connectivity index (χ3n) is 5.39. The van der Waals surface area contributed by atoms with Crippen LogP contribution < -0.4 is 10.6 Å². The van der Waals surface area contributed by atoms with Crippen LogP contribution in [0.2, 0.25) is 0 Å². The SMILES string of the molecule is C=CCn1c(SCC(=O)Nc2ccccc2C(=O)N[C@H](C)c2ccccc2)nnc1-c1ccncc1. The van der Waals surface area contributed by atoms with Gasteiger partial charge in [0.05, 0.1) is 23.0 Å². The highest BCUT2D eigenvalue weighted by Crippen LogP contribution is 2.24. The van der Waals surface area contributed by atoms with Gasteiger partial charge in [0.25, 0.3) is 5.91 Å². The van der Waals surface area contributed by atoms with Crippen molar-refractivity contribution < 1.29 is 9.59 Å². The van der Waals surface area contributed by atoms with Gasteiger partial charge in [-0.2, -0.15) is 0 Å². The first kappa shape index (κ1) is 24.9. The molecule has 0 radical (unpaired) electrons. The van der Waals surface area contributed by atoms with Gasteiger partial charge in [0.1, 0.15) is 0 Å². The lowest BCUT2D eigenvalue weighted by Crippen LogP contribution is -2.28. The molecule has 0 aliphatic heterocycles. The molecule has 0 unspecified atom stereocenters. The fourth-order valence-corrected chi connectivity index (χ4v) is 4.36. The van der Waals surface area contributed by atoms with Crippen molar-refractivity contribution >= 4 is 29.3 Å². The molecule has 0 bridgehead atoms. The van der Waals surface area contributed by atoms with Crippen molar-refractivity contribution in [3.63, 3.8) is 0 Å². The largest absolute Gasteiger partial charge is 0.345 e. The van der Waals surface area contributed by atoms with Gasteiger partial charge >= 0.3 is 0 Å². The molecular weight excluding hydrogens is 472 g/mol. The number of rotatable bonds is 10. The van der Waals surface area contributed by atoms with Gasteiger partial charge in [0.15, 0.2) is 11.0 Å². The predicted octanol–water partition coefficient (Wildman–Crippen LogP) is 4.75. The first-order valence-electron chi connectivity index (χ1n) is 11.4. The number of allylic oxidation sites excluding steroid dienone is 1. The molecule has 4 aromatic rings. The molecule has 9 heteroatoms. The van der Waals surface area contributed by atoms with Crippen molar-refractivity contribution in [1.82, 2.24) is 25.1 Å². The number of thioether (sulfide) groups is 1. The summed E-state index contributed by atoms with van der Waals surface area (Å²) in [5, 5.41) is 15.0. The molecule has 4 rings (SSSR count). The number of pyridine rings is 1. The maximum atomic E-state index is 13.0. The number of carbonyl (C=O) groups excluding carboxylic acids is 2. The Hall–Kier alpha value is -4.24. The van der Waals surface area contributed by atoms with E-state index in [0.717, 1.165) is 11.1 Å². The summed E-state index contributed by atoms with van der Waals surface area (Å²) in [5.41, 5.74) is 2.72. The number of benzene rings is 2. The number of hydrogen-bond acceptors (Lipinski definition) is 6. The van der Waals surface area contributed by atoms with Crippen LogP contribution in [-0.2, 0) is 11.3 Å². The Morgan fingerprint density at radius 2 is 1.75 bits per heavy atom. The molecular formula is C27H26N6O2S. The molecule has 8 nitrogen and oxygen atoms in total. The Morgan fingerprint density at radius 1 is 1.03 bits per heavy atom. The zero-order valence-electron chi connectivity index (χ0n) is 19.8. The standard InChI is InChI=1S/C27H26N6O2S/c1-3-17-33-25(21-13-15-28-16-14-21)31-32-27(33)36-18-24(34)30-23-12-8-7-11-22(23)26(35)29-19(2)20-9-5-4-6-10-20/h3-16,19H,1,17-18H2,2H3,(H,29,35)(H,30,34)/t19-/m1/s1. The van der Waals surface area contributed by atoms with Crippen molar-refractivity contribution in [3.8, 4) is 11.4 Å². The van der Waals surface area contributed by atoms with Gasteiger partial charge in [-0.1, -0.05) is 60.3 Å². The van der Waals surface area contributed by atoms with Crippen molar-refractivity contribution in [2.45, 2.75) is 24.7 Å². The Labute approximate surface area is 213 Å². The number of aromatic nitrogens is 4. The molecule has 0 aliphatic carbocycles. The smallest absolute Gasteiger partial charge is 0.253 e. The summed E-state index contributed by atoms with van der Waals surface area (Å²) < 4.78 is 1.90. The van der Waals surface area contributed by atoms with Gasteiger partial charge in [-0.15, -0.1) is 16.8 Å². The van der Waals surface area contributed by atoms with E-state index in [-0.39, 0.29) is 23.6 Å². The second-order valence-corrected chi connectivity index (χ2v) is 8.87. The Balaban J connectivity index is 1.42. The monoisotopic (exact) mass is 498 g/mol. The molecule has 0 saturated heterocycles. The van der Waals surface area contributed by atoms with E-state index in [1.165, 1.54) is 11.8 Å². The summed E-state index contributed by atoms with van der Waals surface area (Å²) in [4.78, 5) is 29.8. The lowest BCUT2D eigenvalue weighted by atomic mass is 10.1. The van der Waals surface area contributed by atoms with E-state index in [1.54, 1.807) is 42.7 Å². The predicted molar refractivity (Wildman–Crippen MR) is 142 cm³/mol. The molecule has 2 amide bonds. The molecule has 0 saturated carbocycles. The first-order chi connectivity index (χ1) is 17.6. The quantitative estimate of drug-likeness (QED) is 0.242. The molecule has 0 fully saturated rings. The Bertz CT molecular complexity index is 1340. The lowest BCUT2D eigenvalue weighted by Gasteiger charge is -2.16. The number of nitrogens with zero attached hydrogens (tertiary/aromatic N) is 4. The van der Waals surface area contributed by atoms with E-state index in [2.05, 4.69) is 32.4 Å². The lowest BCUT2D eigenvalue weighted by molar-refractivity contribution is -0.113. The van der Waals surface area contributed by atoms with Crippen molar-refractivity contribution in [2.24, 2.45) is 0 Å².